The van der Waals surface area contributed by atoms with Crippen LogP contribution in [0.2, 0.25) is 0 Å². The van der Waals surface area contributed by atoms with Crippen LogP contribution in [0.4, 0.5) is 0 Å². The standard InChI is InChI=1S/C19H23O6P.Li/c1-21-12-13-25-26(15-10-8-14(22-2)9-11-15)19(20)18-16(23-3)6-5-7-17(18)24-4;/h5-11H,12-13H2,1-4H3;. The van der Waals surface area contributed by atoms with Crippen molar-refractivity contribution in [1.29, 1.82) is 0 Å². The van der Waals surface area contributed by atoms with Crippen molar-refractivity contribution in [1.82, 2.24) is 0 Å². The van der Waals surface area contributed by atoms with Crippen molar-refractivity contribution in [2.45, 2.75) is 0 Å². The van der Waals surface area contributed by atoms with Gasteiger partial charge in [0.05, 0.1) is 34.5 Å². The van der Waals surface area contributed by atoms with E-state index in [4.69, 9.17) is 23.5 Å². The van der Waals surface area contributed by atoms with Gasteiger partial charge in [-0.3, -0.25) is 4.79 Å². The molecule has 0 spiro atoms. The Morgan fingerprint density at radius 3 is 1.93 bits per heavy atom. The summed E-state index contributed by atoms with van der Waals surface area (Å²) < 4.78 is 26.9. The molecule has 6 nitrogen and oxygen atoms in total. The second-order valence-electron chi connectivity index (χ2n) is 5.16. The molecule has 0 amide bonds. The minimum absolute atomic E-state index is 0. The molecule has 2 aromatic carbocycles. The van der Waals surface area contributed by atoms with Crippen LogP contribution >= 0.6 is 8.15 Å². The predicted molar refractivity (Wildman–Crippen MR) is 107 cm³/mol. The first kappa shape index (κ1) is 23.5. The average Bonchev–Trinajstić information content (AvgIpc) is 2.70. The summed E-state index contributed by atoms with van der Waals surface area (Å²) >= 11 is 0. The van der Waals surface area contributed by atoms with E-state index in [1.165, 1.54) is 14.2 Å². The molecule has 8 heteroatoms. The Morgan fingerprint density at radius 2 is 1.44 bits per heavy atom. The zero-order valence-corrected chi connectivity index (χ0v) is 17.2. The van der Waals surface area contributed by atoms with Gasteiger partial charge in [-0.05, 0) is 36.4 Å². The number of methoxy groups -OCH3 is 4. The molecule has 141 valence electrons. The SMILES string of the molecule is COCCOP(C(=O)c1c(OC)cccc1OC)c1ccc(OC)cc1.[Li]. The molecule has 0 aromatic heterocycles. The van der Waals surface area contributed by atoms with Gasteiger partial charge >= 0.3 is 0 Å². The predicted octanol–water partition coefficient (Wildman–Crippen LogP) is 2.86. The van der Waals surface area contributed by atoms with E-state index in [-0.39, 0.29) is 24.4 Å². The summed E-state index contributed by atoms with van der Waals surface area (Å²) in [5.74, 6) is 1.61. The fourth-order valence-electron chi connectivity index (χ4n) is 2.34. The van der Waals surface area contributed by atoms with Crippen LogP contribution in [0, 0.1) is 0 Å². The van der Waals surface area contributed by atoms with Crippen molar-refractivity contribution >= 4 is 37.8 Å². The van der Waals surface area contributed by atoms with Gasteiger partial charge in [0.2, 0.25) is 5.52 Å². The number of benzene rings is 2. The topological polar surface area (TPSA) is 63.2 Å². The normalized spacial score (nSPS) is 11.3. The summed E-state index contributed by atoms with van der Waals surface area (Å²) in [6, 6.07) is 12.5. The van der Waals surface area contributed by atoms with Crippen LogP contribution in [-0.4, -0.2) is 66.0 Å². The molecule has 0 bridgehead atoms. The van der Waals surface area contributed by atoms with Crippen LogP contribution in [0.5, 0.6) is 17.2 Å². The summed E-state index contributed by atoms with van der Waals surface area (Å²) in [7, 11) is 4.62. The van der Waals surface area contributed by atoms with Crippen LogP contribution in [0.1, 0.15) is 10.4 Å². The van der Waals surface area contributed by atoms with Gasteiger partial charge in [-0.1, -0.05) is 6.07 Å². The molecule has 27 heavy (non-hydrogen) atoms. The summed E-state index contributed by atoms with van der Waals surface area (Å²) in [6.45, 7) is 0.697. The van der Waals surface area contributed by atoms with Crippen molar-refractivity contribution in [3.05, 3.63) is 48.0 Å². The first-order valence-electron chi connectivity index (χ1n) is 7.97. The third-order valence-electron chi connectivity index (χ3n) is 3.64. The van der Waals surface area contributed by atoms with Crippen LogP contribution in [0.3, 0.4) is 0 Å². The first-order chi connectivity index (χ1) is 12.7. The molecule has 1 unspecified atom stereocenters. The zero-order valence-electron chi connectivity index (χ0n) is 16.4. The Balaban J connectivity index is 0.00000364. The van der Waals surface area contributed by atoms with Crippen LogP contribution in [0.25, 0.3) is 0 Å². The van der Waals surface area contributed by atoms with Gasteiger partial charge < -0.3 is 23.5 Å². The van der Waals surface area contributed by atoms with E-state index in [0.29, 0.717) is 36.0 Å². The van der Waals surface area contributed by atoms with Crippen LogP contribution in [-0.2, 0) is 9.26 Å². The van der Waals surface area contributed by atoms with E-state index in [1.54, 1.807) is 44.6 Å². The number of ether oxygens (including phenoxy) is 4. The largest absolute Gasteiger partial charge is 0.497 e. The van der Waals surface area contributed by atoms with E-state index in [2.05, 4.69) is 0 Å². The Hall–Kier alpha value is -1.54. The fraction of sp³-hybridized carbons (Fsp3) is 0.316. The molecule has 0 N–H and O–H groups in total. The minimum Gasteiger partial charge on any atom is -0.497 e. The molecular weight excluding hydrogens is 362 g/mol. The Morgan fingerprint density at radius 1 is 0.852 bits per heavy atom. The van der Waals surface area contributed by atoms with Gasteiger partial charge in [0.25, 0.3) is 0 Å². The van der Waals surface area contributed by atoms with Crippen LogP contribution in [0.15, 0.2) is 42.5 Å². The Bertz CT molecular complexity index is 700. The molecule has 2 aromatic rings. The molecule has 0 fully saturated rings. The summed E-state index contributed by atoms with van der Waals surface area (Å²) in [5, 5.41) is 0.773. The maximum absolute atomic E-state index is 13.3. The number of carbonyl (C=O) groups is 1. The van der Waals surface area contributed by atoms with Crippen molar-refractivity contribution < 1.29 is 28.3 Å². The number of rotatable bonds is 10. The van der Waals surface area contributed by atoms with Gasteiger partial charge in [-0.15, -0.1) is 0 Å². The summed E-state index contributed by atoms with van der Waals surface area (Å²) in [6.07, 6.45) is 0. The average molecular weight is 385 g/mol. The Kier molecular flexibility index (Phi) is 10.5. The van der Waals surface area contributed by atoms with Gasteiger partial charge in [0.1, 0.15) is 31.0 Å². The smallest absolute Gasteiger partial charge is 0.223 e. The maximum Gasteiger partial charge on any atom is 0.223 e. The van der Waals surface area contributed by atoms with E-state index < -0.39 is 8.15 Å². The quantitative estimate of drug-likeness (QED) is 0.356. The van der Waals surface area contributed by atoms with Gasteiger partial charge in [-0.2, -0.15) is 0 Å². The Labute approximate surface area is 173 Å². The molecule has 0 aliphatic heterocycles. The van der Waals surface area contributed by atoms with Gasteiger partial charge in [-0.25, -0.2) is 0 Å². The van der Waals surface area contributed by atoms with Crippen LogP contribution < -0.4 is 19.5 Å². The molecular formula is C19H23LiO6P. The molecule has 0 aliphatic carbocycles. The van der Waals surface area contributed by atoms with E-state index in [1.807, 2.05) is 12.1 Å². The third-order valence-corrected chi connectivity index (χ3v) is 5.44. The fourth-order valence-corrected chi connectivity index (χ4v) is 3.94. The third kappa shape index (κ3) is 5.97. The second kappa shape index (κ2) is 12.0. The van der Waals surface area contributed by atoms with Gasteiger partial charge in [0.15, 0.2) is 0 Å². The van der Waals surface area contributed by atoms with Gasteiger partial charge in [0, 0.05) is 31.3 Å². The molecule has 2 rings (SSSR count). The molecule has 0 aliphatic rings. The minimum atomic E-state index is -1.60. The molecule has 1 atom stereocenters. The monoisotopic (exact) mass is 385 g/mol. The molecule has 1 radical (unpaired) electrons. The zero-order chi connectivity index (χ0) is 18.9. The van der Waals surface area contributed by atoms with Crippen molar-refractivity contribution in [2.75, 3.05) is 41.7 Å². The maximum atomic E-state index is 13.3. The van der Waals surface area contributed by atoms with E-state index in [0.717, 1.165) is 5.30 Å². The second-order valence-corrected chi connectivity index (χ2v) is 6.93. The first-order valence-corrected chi connectivity index (χ1v) is 9.23. The van der Waals surface area contributed by atoms with Crippen molar-refractivity contribution in [3.63, 3.8) is 0 Å². The van der Waals surface area contributed by atoms with Crippen molar-refractivity contribution in [3.8, 4) is 17.2 Å². The summed E-state index contributed by atoms with van der Waals surface area (Å²) in [4.78, 5) is 13.3. The van der Waals surface area contributed by atoms with E-state index in [9.17, 15) is 4.79 Å². The van der Waals surface area contributed by atoms with E-state index >= 15 is 0 Å². The van der Waals surface area contributed by atoms with Crippen molar-refractivity contribution in [2.24, 2.45) is 0 Å². The molecule has 0 heterocycles. The number of carbonyl (C=O) groups excluding carboxylic acids is 1. The molecule has 0 saturated carbocycles. The number of hydrogen-bond donors (Lipinski definition) is 0. The number of hydrogen-bond acceptors (Lipinski definition) is 6. The summed E-state index contributed by atoms with van der Waals surface area (Å²) in [5.41, 5.74) is 0.187. The molecule has 0 saturated heterocycles.